The zero-order valence-electron chi connectivity index (χ0n) is 58.8. The number of unbranched alkanes of at least 4 members (excludes halogenated alkanes) is 57. The topological polar surface area (TPSA) is 95.9 Å². The first-order valence-electron chi connectivity index (χ1n) is 39.4. The Kier molecular flexibility index (Phi) is 74.4. The summed E-state index contributed by atoms with van der Waals surface area (Å²) in [6.45, 7) is 4.91. The van der Waals surface area contributed by atoms with Gasteiger partial charge in [-0.15, -0.1) is 0 Å². The Morgan fingerprint density at radius 2 is 0.575 bits per heavy atom. The quantitative estimate of drug-likeness (QED) is 0.0320. The van der Waals surface area contributed by atoms with Crippen molar-refractivity contribution >= 4 is 11.9 Å². The lowest BCUT2D eigenvalue weighted by atomic mass is 10.0. The molecule has 0 aromatic carbocycles. The van der Waals surface area contributed by atoms with Crippen molar-refractivity contribution in [2.24, 2.45) is 0 Å². The van der Waals surface area contributed by atoms with E-state index < -0.39 is 12.1 Å². The average molecular weight is 1220 g/mol. The summed E-state index contributed by atoms with van der Waals surface area (Å²) in [6, 6.07) is -0.625. The number of rotatable bonds is 74. The zero-order valence-corrected chi connectivity index (χ0v) is 58.8. The van der Waals surface area contributed by atoms with Gasteiger partial charge in [0.25, 0.3) is 0 Å². The molecule has 0 aliphatic heterocycles. The minimum atomic E-state index is -0.841. The van der Waals surface area contributed by atoms with Crippen molar-refractivity contribution < 1.29 is 24.5 Å². The van der Waals surface area contributed by atoms with Crippen LogP contribution in [0.2, 0.25) is 0 Å². The van der Waals surface area contributed by atoms with Crippen LogP contribution >= 0.6 is 0 Å². The molecule has 3 N–H and O–H groups in total. The normalized spacial score (nSPS) is 12.7. The van der Waals surface area contributed by atoms with E-state index in [-0.39, 0.29) is 18.5 Å². The maximum absolute atomic E-state index is 12.5. The van der Waals surface area contributed by atoms with Crippen molar-refractivity contribution in [3.8, 4) is 0 Å². The van der Waals surface area contributed by atoms with E-state index in [4.69, 9.17) is 4.74 Å². The maximum atomic E-state index is 12.5. The molecule has 0 aliphatic rings. The van der Waals surface area contributed by atoms with Gasteiger partial charge in [0, 0.05) is 12.8 Å². The number of aliphatic hydroxyl groups excluding tert-OH is 2. The van der Waals surface area contributed by atoms with Crippen LogP contribution in [0.3, 0.4) is 0 Å². The van der Waals surface area contributed by atoms with Gasteiger partial charge in [-0.25, -0.2) is 0 Å². The standard InChI is InChI=1S/C81H153NO5/c1-3-5-7-9-11-13-15-17-19-20-40-44-47-51-55-59-63-67-71-75-81(86)87-76-72-68-64-60-56-52-48-45-42-39-37-35-33-31-29-27-25-23-21-22-24-26-28-30-32-34-36-38-41-43-46-50-54-58-62-66-70-74-80(85)82-78(77-83)79(84)73-69-65-61-57-53-49-18-16-14-12-10-8-6-4-2/h11,13,17,19,21,23,69,73,78-79,83-84H,3-10,12,14-16,18,20,22,24-68,70-72,74-77H2,1-2H3,(H,82,85)/b13-11-,19-17-,23-21-,73-69+. The monoisotopic (exact) mass is 1220 g/mol. The average Bonchev–Trinajstić information content (AvgIpc) is 3.53. The number of aliphatic hydroxyl groups is 2. The second kappa shape index (κ2) is 76.3. The molecule has 0 aromatic heterocycles. The van der Waals surface area contributed by atoms with E-state index in [1.54, 1.807) is 6.08 Å². The van der Waals surface area contributed by atoms with Gasteiger partial charge >= 0.3 is 5.97 Å². The number of allylic oxidation sites excluding steroid dienone is 7. The van der Waals surface area contributed by atoms with Crippen molar-refractivity contribution in [2.75, 3.05) is 13.2 Å². The van der Waals surface area contributed by atoms with Crippen LogP contribution in [0.5, 0.6) is 0 Å². The summed E-state index contributed by atoms with van der Waals surface area (Å²) >= 11 is 0. The zero-order chi connectivity index (χ0) is 62.8. The first kappa shape index (κ1) is 84.8. The van der Waals surface area contributed by atoms with Gasteiger partial charge in [0.05, 0.1) is 25.4 Å². The summed E-state index contributed by atoms with van der Waals surface area (Å²) in [4.78, 5) is 24.6. The summed E-state index contributed by atoms with van der Waals surface area (Å²) in [7, 11) is 0. The van der Waals surface area contributed by atoms with Crippen LogP contribution in [0.15, 0.2) is 48.6 Å². The fourth-order valence-corrected chi connectivity index (χ4v) is 12.3. The molecule has 0 aliphatic carbocycles. The Balaban J connectivity index is 3.33. The molecule has 6 nitrogen and oxygen atoms in total. The molecule has 0 aromatic rings. The molecule has 2 atom stereocenters. The fourth-order valence-electron chi connectivity index (χ4n) is 12.3. The van der Waals surface area contributed by atoms with Crippen LogP contribution in [0.4, 0.5) is 0 Å². The van der Waals surface area contributed by atoms with Gasteiger partial charge in [0.2, 0.25) is 5.91 Å². The van der Waals surface area contributed by atoms with Gasteiger partial charge in [-0.2, -0.15) is 0 Å². The molecule has 0 radical (unpaired) electrons. The molecule has 0 spiro atoms. The SMILES string of the molecule is CCCCC/C=C\C/C=C\CCCCCCCCCCCC(=O)OCCCCCCCCCCCCCCCCCC/C=C\CCCCCCCCCCCCCCCCCCCC(=O)NC(CO)C(O)/C=C/CCCCCCCCCCCCCC. The van der Waals surface area contributed by atoms with Crippen molar-refractivity contribution in [1.82, 2.24) is 5.32 Å². The molecule has 6 heteroatoms. The second-order valence-corrected chi connectivity index (χ2v) is 27.0. The number of carbonyl (C=O) groups excluding carboxylic acids is 2. The molecule has 1 amide bonds. The lowest BCUT2D eigenvalue weighted by Gasteiger charge is -2.20. The number of esters is 1. The highest BCUT2D eigenvalue weighted by Crippen LogP contribution is 2.19. The highest BCUT2D eigenvalue weighted by Gasteiger charge is 2.18. The lowest BCUT2D eigenvalue weighted by molar-refractivity contribution is -0.143. The second-order valence-electron chi connectivity index (χ2n) is 27.0. The molecule has 0 fully saturated rings. The number of nitrogens with one attached hydrogen (secondary N) is 1. The van der Waals surface area contributed by atoms with Crippen LogP contribution in [-0.4, -0.2) is 47.4 Å². The molecule has 0 heterocycles. The van der Waals surface area contributed by atoms with Crippen molar-refractivity contribution in [3.63, 3.8) is 0 Å². The molecule has 512 valence electrons. The third-order valence-corrected chi connectivity index (χ3v) is 18.3. The maximum Gasteiger partial charge on any atom is 0.305 e. The van der Waals surface area contributed by atoms with Gasteiger partial charge in [-0.05, 0) is 89.9 Å². The Bertz CT molecular complexity index is 1450. The van der Waals surface area contributed by atoms with E-state index >= 15 is 0 Å². The number of hydrogen-bond acceptors (Lipinski definition) is 5. The van der Waals surface area contributed by atoms with Gasteiger partial charge in [0.1, 0.15) is 0 Å². The van der Waals surface area contributed by atoms with Crippen molar-refractivity contribution in [1.29, 1.82) is 0 Å². The summed E-state index contributed by atoms with van der Waals surface area (Å²) in [5, 5.41) is 23.2. The van der Waals surface area contributed by atoms with Crippen molar-refractivity contribution in [3.05, 3.63) is 48.6 Å². The van der Waals surface area contributed by atoms with E-state index in [0.29, 0.717) is 19.4 Å². The molecule has 0 saturated heterocycles. The molecule has 0 rings (SSSR count). The molecule has 0 saturated carbocycles. The number of ether oxygens (including phenoxy) is 1. The molecule has 2 unspecified atom stereocenters. The first-order valence-corrected chi connectivity index (χ1v) is 39.4. The third kappa shape index (κ3) is 72.8. The summed E-state index contributed by atoms with van der Waals surface area (Å²) < 4.78 is 5.52. The Morgan fingerprint density at radius 3 is 0.908 bits per heavy atom. The van der Waals surface area contributed by atoms with Crippen LogP contribution in [-0.2, 0) is 14.3 Å². The number of hydrogen-bond donors (Lipinski definition) is 3. The third-order valence-electron chi connectivity index (χ3n) is 18.3. The predicted octanol–water partition coefficient (Wildman–Crippen LogP) is 26.0. The molecule has 0 bridgehead atoms. The Labute approximate surface area is 544 Å². The molecular formula is C81H153NO5. The van der Waals surface area contributed by atoms with E-state index in [2.05, 4.69) is 55.6 Å². The first-order chi connectivity index (χ1) is 43.0. The van der Waals surface area contributed by atoms with Crippen LogP contribution in [0.1, 0.15) is 431 Å². The Morgan fingerprint density at radius 1 is 0.322 bits per heavy atom. The highest BCUT2D eigenvalue weighted by molar-refractivity contribution is 5.76. The minimum absolute atomic E-state index is 0.0178. The predicted molar refractivity (Wildman–Crippen MR) is 384 cm³/mol. The van der Waals surface area contributed by atoms with E-state index in [9.17, 15) is 19.8 Å². The Hall–Kier alpha value is -2.18. The van der Waals surface area contributed by atoms with Gasteiger partial charge in [-0.1, -0.05) is 377 Å². The van der Waals surface area contributed by atoms with Crippen LogP contribution in [0, 0.1) is 0 Å². The summed E-state index contributed by atoms with van der Waals surface area (Å²) in [6.07, 6.45) is 101. The molecule has 87 heavy (non-hydrogen) atoms. The summed E-state index contributed by atoms with van der Waals surface area (Å²) in [5.41, 5.74) is 0. The van der Waals surface area contributed by atoms with E-state index in [0.717, 1.165) is 51.4 Å². The van der Waals surface area contributed by atoms with Crippen LogP contribution < -0.4 is 5.32 Å². The molecular weight excluding hydrogens is 1070 g/mol. The smallest absolute Gasteiger partial charge is 0.305 e. The highest BCUT2D eigenvalue weighted by atomic mass is 16.5. The lowest BCUT2D eigenvalue weighted by Crippen LogP contribution is -2.45. The number of amides is 1. The largest absolute Gasteiger partial charge is 0.466 e. The van der Waals surface area contributed by atoms with Gasteiger partial charge in [-0.3, -0.25) is 9.59 Å². The van der Waals surface area contributed by atoms with E-state index in [1.165, 1.54) is 353 Å². The minimum Gasteiger partial charge on any atom is -0.466 e. The number of carbonyl (C=O) groups is 2. The van der Waals surface area contributed by atoms with Crippen LogP contribution in [0.25, 0.3) is 0 Å². The van der Waals surface area contributed by atoms with Gasteiger partial charge < -0.3 is 20.3 Å². The fraction of sp³-hybridized carbons (Fsp3) is 0.877. The van der Waals surface area contributed by atoms with Gasteiger partial charge in [0.15, 0.2) is 0 Å². The van der Waals surface area contributed by atoms with Crippen molar-refractivity contribution in [2.45, 2.75) is 443 Å². The van der Waals surface area contributed by atoms with E-state index in [1.807, 2.05) is 6.08 Å². The summed E-state index contributed by atoms with van der Waals surface area (Å²) in [5.74, 6) is -0.0442.